The molecule has 0 amide bonds. The largest absolute Gasteiger partial charge is 0.495 e. The third-order valence-corrected chi connectivity index (χ3v) is 5.50. The second-order valence-electron chi connectivity index (χ2n) is 6.98. The molecule has 0 bridgehead atoms. The molecule has 140 valence electrons. The summed E-state index contributed by atoms with van der Waals surface area (Å²) in [6.07, 6.45) is 2.43. The monoisotopic (exact) mass is 383 g/mol. The van der Waals surface area contributed by atoms with Crippen LogP contribution in [-0.2, 0) is 0 Å². The van der Waals surface area contributed by atoms with E-state index in [4.69, 9.17) is 16.3 Å². The summed E-state index contributed by atoms with van der Waals surface area (Å²) in [4.78, 5) is 2.42. The molecule has 0 aliphatic carbocycles. The minimum absolute atomic E-state index is 0.572. The average molecular weight is 384 g/mol. The number of hydrogen-bond acceptors (Lipinski definition) is 5. The number of tetrazole rings is 1. The smallest absolute Gasteiger partial charge is 0.205 e. The molecule has 2 aromatic carbocycles. The molecule has 0 saturated carbocycles. The van der Waals surface area contributed by atoms with Gasteiger partial charge in [-0.1, -0.05) is 30.7 Å². The Bertz CT molecular complexity index is 920. The first-order valence-corrected chi connectivity index (χ1v) is 9.50. The predicted octanol–water partition coefficient (Wildman–Crippen LogP) is 4.43. The number of methoxy groups -OCH3 is 1. The van der Waals surface area contributed by atoms with Crippen LogP contribution in [0.3, 0.4) is 0 Å². The number of H-pyrrole nitrogens is 1. The van der Waals surface area contributed by atoms with Crippen molar-refractivity contribution in [2.24, 2.45) is 5.92 Å². The van der Waals surface area contributed by atoms with Gasteiger partial charge in [-0.15, -0.1) is 10.2 Å². The number of aromatic nitrogens is 4. The van der Waals surface area contributed by atoms with Gasteiger partial charge in [0.05, 0.1) is 12.1 Å². The zero-order chi connectivity index (χ0) is 18.8. The summed E-state index contributed by atoms with van der Waals surface area (Å²) < 4.78 is 5.27. The zero-order valence-electron chi connectivity index (χ0n) is 15.4. The van der Waals surface area contributed by atoms with E-state index in [0.717, 1.165) is 35.7 Å². The third-order valence-electron chi connectivity index (χ3n) is 5.20. The molecule has 1 N–H and O–H groups in total. The minimum Gasteiger partial charge on any atom is -0.495 e. The number of aromatic amines is 1. The van der Waals surface area contributed by atoms with E-state index in [-0.39, 0.29) is 0 Å². The van der Waals surface area contributed by atoms with E-state index >= 15 is 0 Å². The SMILES string of the molecule is COc1ccc(-c2ccc(N3CCC(C)CC3)cc2-c2nn[nH]n2)cc1Cl. The maximum absolute atomic E-state index is 6.34. The number of rotatable bonds is 4. The van der Waals surface area contributed by atoms with Crippen LogP contribution in [0.15, 0.2) is 36.4 Å². The number of anilines is 1. The second-order valence-corrected chi connectivity index (χ2v) is 7.39. The quantitative estimate of drug-likeness (QED) is 0.721. The molecular weight excluding hydrogens is 362 g/mol. The van der Waals surface area contributed by atoms with Crippen LogP contribution in [0.1, 0.15) is 19.8 Å². The Morgan fingerprint density at radius 3 is 2.59 bits per heavy atom. The lowest BCUT2D eigenvalue weighted by Crippen LogP contribution is -2.32. The Morgan fingerprint density at radius 2 is 1.93 bits per heavy atom. The van der Waals surface area contributed by atoms with Crippen molar-refractivity contribution in [1.82, 2.24) is 20.6 Å². The van der Waals surface area contributed by atoms with Gasteiger partial charge in [-0.2, -0.15) is 5.21 Å². The van der Waals surface area contributed by atoms with E-state index < -0.39 is 0 Å². The molecule has 0 atom stereocenters. The van der Waals surface area contributed by atoms with Crippen molar-refractivity contribution < 1.29 is 4.74 Å². The zero-order valence-corrected chi connectivity index (χ0v) is 16.2. The highest BCUT2D eigenvalue weighted by Gasteiger charge is 2.19. The van der Waals surface area contributed by atoms with E-state index in [1.165, 1.54) is 18.5 Å². The maximum Gasteiger partial charge on any atom is 0.205 e. The molecule has 7 heteroatoms. The molecule has 0 radical (unpaired) electrons. The fourth-order valence-electron chi connectivity index (χ4n) is 3.54. The summed E-state index contributed by atoms with van der Waals surface area (Å²) in [5.41, 5.74) is 4.11. The van der Waals surface area contributed by atoms with Crippen molar-refractivity contribution in [3.8, 4) is 28.3 Å². The Morgan fingerprint density at radius 1 is 1.11 bits per heavy atom. The van der Waals surface area contributed by atoms with Gasteiger partial charge in [-0.25, -0.2) is 0 Å². The number of ether oxygens (including phenoxy) is 1. The Labute approximate surface area is 163 Å². The van der Waals surface area contributed by atoms with Crippen LogP contribution in [0.2, 0.25) is 5.02 Å². The first-order valence-electron chi connectivity index (χ1n) is 9.12. The fraction of sp³-hybridized carbons (Fsp3) is 0.350. The molecule has 0 spiro atoms. The number of nitrogens with zero attached hydrogens (tertiary/aromatic N) is 4. The summed E-state index contributed by atoms with van der Waals surface area (Å²) in [7, 11) is 1.61. The summed E-state index contributed by atoms with van der Waals surface area (Å²) in [5.74, 6) is 2.02. The molecule has 1 fully saturated rings. The molecule has 1 aromatic heterocycles. The molecule has 27 heavy (non-hydrogen) atoms. The molecule has 0 unspecified atom stereocenters. The Hall–Kier alpha value is -2.60. The van der Waals surface area contributed by atoms with Gasteiger partial charge >= 0.3 is 0 Å². The topological polar surface area (TPSA) is 66.9 Å². The molecular formula is C20H22ClN5O. The first kappa shape index (κ1) is 17.8. The number of halogens is 1. The van der Waals surface area contributed by atoms with E-state index in [1.54, 1.807) is 7.11 Å². The van der Waals surface area contributed by atoms with Crippen molar-refractivity contribution >= 4 is 17.3 Å². The Balaban J connectivity index is 1.76. The minimum atomic E-state index is 0.572. The summed E-state index contributed by atoms with van der Waals surface area (Å²) >= 11 is 6.34. The van der Waals surface area contributed by atoms with Crippen LogP contribution in [0, 0.1) is 5.92 Å². The molecule has 6 nitrogen and oxygen atoms in total. The van der Waals surface area contributed by atoms with Crippen LogP contribution in [0.25, 0.3) is 22.5 Å². The third kappa shape index (κ3) is 3.62. The van der Waals surface area contributed by atoms with Crippen LogP contribution in [0.4, 0.5) is 5.69 Å². The first-order chi connectivity index (χ1) is 13.2. The summed E-state index contributed by atoms with van der Waals surface area (Å²) in [6.45, 7) is 4.46. The van der Waals surface area contributed by atoms with Gasteiger partial charge in [0, 0.05) is 24.3 Å². The van der Waals surface area contributed by atoms with Crippen molar-refractivity contribution in [3.05, 3.63) is 41.4 Å². The molecule has 4 rings (SSSR count). The van der Waals surface area contributed by atoms with Gasteiger partial charge in [0.25, 0.3) is 0 Å². The lowest BCUT2D eigenvalue weighted by molar-refractivity contribution is 0.415. The molecule has 2 heterocycles. The van der Waals surface area contributed by atoms with Gasteiger partial charge in [0.2, 0.25) is 5.82 Å². The molecule has 1 aliphatic heterocycles. The summed E-state index contributed by atoms with van der Waals surface area (Å²) in [6, 6.07) is 12.2. The highest BCUT2D eigenvalue weighted by Crippen LogP contribution is 2.37. The van der Waals surface area contributed by atoms with Crippen molar-refractivity contribution in [3.63, 3.8) is 0 Å². The number of piperidine rings is 1. The lowest BCUT2D eigenvalue weighted by Gasteiger charge is -2.32. The second kappa shape index (κ2) is 7.56. The van der Waals surface area contributed by atoms with E-state index in [2.05, 4.69) is 50.6 Å². The fourth-order valence-corrected chi connectivity index (χ4v) is 3.80. The van der Waals surface area contributed by atoms with Gasteiger partial charge in [0.15, 0.2) is 0 Å². The van der Waals surface area contributed by atoms with Gasteiger partial charge in [0.1, 0.15) is 5.75 Å². The highest BCUT2D eigenvalue weighted by atomic mass is 35.5. The van der Waals surface area contributed by atoms with E-state index in [0.29, 0.717) is 16.6 Å². The van der Waals surface area contributed by atoms with Gasteiger partial charge in [-0.05, 0) is 59.4 Å². The number of hydrogen-bond donors (Lipinski definition) is 1. The van der Waals surface area contributed by atoms with Gasteiger partial charge in [-0.3, -0.25) is 0 Å². The average Bonchev–Trinajstić information content (AvgIpc) is 3.23. The van der Waals surface area contributed by atoms with E-state index in [9.17, 15) is 0 Å². The standard InChI is InChI=1S/C20H22ClN5O/c1-13-7-9-26(10-8-13)15-4-5-16(17(12-15)20-22-24-25-23-20)14-3-6-19(27-2)18(21)11-14/h3-6,11-13H,7-10H2,1-2H3,(H,22,23,24,25). The summed E-state index contributed by atoms with van der Waals surface area (Å²) in [5, 5.41) is 15.3. The number of nitrogens with one attached hydrogen (secondary N) is 1. The van der Waals surface area contributed by atoms with Crippen molar-refractivity contribution in [2.75, 3.05) is 25.1 Å². The predicted molar refractivity (Wildman–Crippen MR) is 107 cm³/mol. The van der Waals surface area contributed by atoms with Crippen molar-refractivity contribution in [1.29, 1.82) is 0 Å². The lowest BCUT2D eigenvalue weighted by atomic mass is 9.96. The van der Waals surface area contributed by atoms with Crippen LogP contribution >= 0.6 is 11.6 Å². The number of benzene rings is 2. The van der Waals surface area contributed by atoms with Crippen LogP contribution < -0.4 is 9.64 Å². The van der Waals surface area contributed by atoms with E-state index in [1.807, 2.05) is 18.2 Å². The molecule has 1 aliphatic rings. The van der Waals surface area contributed by atoms with Gasteiger partial charge < -0.3 is 9.64 Å². The molecule has 1 saturated heterocycles. The maximum atomic E-state index is 6.34. The van der Waals surface area contributed by atoms with Crippen molar-refractivity contribution in [2.45, 2.75) is 19.8 Å². The highest BCUT2D eigenvalue weighted by molar-refractivity contribution is 6.32. The van der Waals surface area contributed by atoms with Crippen LogP contribution in [-0.4, -0.2) is 40.8 Å². The normalized spacial score (nSPS) is 15.1. The Kier molecular flexibility index (Phi) is 4.99. The van der Waals surface area contributed by atoms with Crippen LogP contribution in [0.5, 0.6) is 5.75 Å². The molecule has 3 aromatic rings.